The van der Waals surface area contributed by atoms with Crippen LogP contribution in [-0.2, 0) is 42.9 Å². The van der Waals surface area contributed by atoms with Gasteiger partial charge in [0, 0.05) is 26.2 Å². The highest BCUT2D eigenvalue weighted by atomic mass is 31.2. The number of imide groups is 1. The molecule has 0 spiro atoms. The third-order valence-corrected chi connectivity index (χ3v) is 6.72. The molecule has 0 aliphatic carbocycles. The lowest BCUT2D eigenvalue weighted by Gasteiger charge is -2.33. The summed E-state index contributed by atoms with van der Waals surface area (Å²) in [5.74, 6) is -2.21. The number of amides is 2. The highest BCUT2D eigenvalue weighted by Crippen LogP contribution is 2.65. The lowest BCUT2D eigenvalue weighted by atomic mass is 10.0. The molecule has 13 nitrogen and oxygen atoms in total. The molecule has 0 saturated carbocycles. The van der Waals surface area contributed by atoms with E-state index >= 15 is 0 Å². The van der Waals surface area contributed by atoms with Crippen LogP contribution in [0.25, 0.3) is 0 Å². The number of hydrogen-bond donors (Lipinski definition) is 0. The molecule has 29 heavy (non-hydrogen) atoms. The van der Waals surface area contributed by atoms with E-state index in [-0.39, 0.29) is 32.5 Å². The summed E-state index contributed by atoms with van der Waals surface area (Å²) in [6.07, 6.45) is -0.223. The van der Waals surface area contributed by atoms with E-state index < -0.39 is 43.4 Å². The van der Waals surface area contributed by atoms with Crippen molar-refractivity contribution in [1.29, 1.82) is 0 Å². The maximum Gasteiger partial charge on any atom is 0.533 e. The van der Waals surface area contributed by atoms with Crippen molar-refractivity contribution in [2.45, 2.75) is 45.3 Å². The van der Waals surface area contributed by atoms with Gasteiger partial charge in [-0.3, -0.25) is 14.4 Å². The first-order valence-electron chi connectivity index (χ1n) is 8.92. The minimum absolute atomic E-state index is 0.0174. The van der Waals surface area contributed by atoms with Crippen LogP contribution in [-0.4, -0.2) is 59.1 Å². The first kappa shape index (κ1) is 23.2. The van der Waals surface area contributed by atoms with Crippen molar-refractivity contribution in [2.75, 3.05) is 19.8 Å². The van der Waals surface area contributed by atoms with Crippen LogP contribution in [0.1, 0.15) is 40.0 Å². The zero-order chi connectivity index (χ0) is 21.7. The lowest BCUT2D eigenvalue weighted by molar-refractivity contribution is -0.520. The van der Waals surface area contributed by atoms with E-state index in [1.807, 2.05) is 0 Å². The number of hydrogen-bond acceptors (Lipinski definition) is 11. The van der Waals surface area contributed by atoms with E-state index in [1.54, 1.807) is 13.8 Å². The van der Waals surface area contributed by atoms with Gasteiger partial charge >= 0.3 is 13.8 Å². The average Bonchev–Trinajstić information content (AvgIpc) is 3.17. The molecule has 2 atom stereocenters. The van der Waals surface area contributed by atoms with E-state index in [9.17, 15) is 24.2 Å². The van der Waals surface area contributed by atoms with Gasteiger partial charge in [0.2, 0.25) is 0 Å². The summed E-state index contributed by atoms with van der Waals surface area (Å²) in [6.45, 7) is 4.01. The Morgan fingerprint density at radius 2 is 1.79 bits per heavy atom. The molecule has 1 fully saturated rings. The first-order chi connectivity index (χ1) is 13.7. The van der Waals surface area contributed by atoms with Gasteiger partial charge < -0.3 is 9.94 Å². The summed E-state index contributed by atoms with van der Waals surface area (Å²) in [5.41, 5.74) is 0. The van der Waals surface area contributed by atoms with E-state index in [2.05, 4.69) is 4.84 Å². The van der Waals surface area contributed by atoms with Crippen molar-refractivity contribution >= 4 is 31.8 Å². The Hall–Kier alpha value is -2.05. The summed E-state index contributed by atoms with van der Waals surface area (Å²) >= 11 is 0. The Labute approximate surface area is 166 Å². The van der Waals surface area contributed by atoms with Gasteiger partial charge in [0.15, 0.2) is 6.21 Å². The fourth-order valence-corrected chi connectivity index (χ4v) is 4.48. The molecule has 0 N–H and O–H groups in total. The predicted octanol–water partition coefficient (Wildman–Crippen LogP) is 1.65. The van der Waals surface area contributed by atoms with Crippen LogP contribution in [0, 0.1) is 11.1 Å². The molecule has 0 radical (unpaired) electrons. The van der Waals surface area contributed by atoms with E-state index in [4.69, 9.17) is 23.9 Å². The lowest BCUT2D eigenvalue weighted by Crippen LogP contribution is -2.43. The molecule has 2 amide bonds. The molecule has 0 bridgehead atoms. The van der Waals surface area contributed by atoms with Gasteiger partial charge in [-0.1, -0.05) is 5.06 Å². The number of ether oxygens (including phenoxy) is 1. The van der Waals surface area contributed by atoms with Crippen molar-refractivity contribution < 1.29 is 52.4 Å². The zero-order valence-electron chi connectivity index (χ0n) is 16.2. The molecule has 2 aliphatic heterocycles. The number of carbonyl (C=O) groups excluding carboxylic acids is 3. The van der Waals surface area contributed by atoms with Crippen LogP contribution in [0.5, 0.6) is 0 Å². The van der Waals surface area contributed by atoms with Crippen molar-refractivity contribution in [2.24, 2.45) is 5.92 Å². The molecule has 0 aromatic carbocycles. The molecule has 14 heteroatoms. The number of hydroxylamine groups is 3. The van der Waals surface area contributed by atoms with Crippen LogP contribution in [0.2, 0.25) is 0 Å². The van der Waals surface area contributed by atoms with E-state index in [0.29, 0.717) is 9.80 Å². The predicted molar refractivity (Wildman–Crippen MR) is 92.8 cm³/mol. The first-order valence-corrected chi connectivity index (χ1v) is 10.5. The summed E-state index contributed by atoms with van der Waals surface area (Å²) in [4.78, 5) is 48.9. The Morgan fingerprint density at radius 3 is 2.31 bits per heavy atom. The van der Waals surface area contributed by atoms with Crippen molar-refractivity contribution in [3.63, 3.8) is 0 Å². The van der Waals surface area contributed by atoms with Crippen LogP contribution in [0.15, 0.2) is 0 Å². The summed E-state index contributed by atoms with van der Waals surface area (Å²) in [5, 5.41) is 10.9. The second-order valence-corrected chi connectivity index (χ2v) is 8.43. The van der Waals surface area contributed by atoms with Crippen molar-refractivity contribution in [3.8, 4) is 0 Å². The maximum absolute atomic E-state index is 13.3. The van der Waals surface area contributed by atoms with Gasteiger partial charge in [0.05, 0.1) is 19.1 Å². The highest BCUT2D eigenvalue weighted by molar-refractivity contribution is 7.55. The molecular formula is C15H23N2O11P. The Bertz CT molecular complexity index is 699. The van der Waals surface area contributed by atoms with Crippen LogP contribution in [0.3, 0.4) is 0 Å². The Morgan fingerprint density at radius 1 is 1.24 bits per heavy atom. The molecular weight excluding hydrogens is 415 g/mol. The molecule has 2 rings (SSSR count). The molecule has 164 valence electrons. The number of carbonyl (C=O) groups is 3. The average molecular weight is 438 g/mol. The molecule has 1 saturated heterocycles. The van der Waals surface area contributed by atoms with Crippen molar-refractivity contribution in [1.82, 2.24) is 5.06 Å². The van der Waals surface area contributed by atoms with Crippen LogP contribution >= 0.6 is 7.60 Å². The Balaban J connectivity index is 2.08. The molecule has 0 unspecified atom stereocenters. The van der Waals surface area contributed by atoms with Gasteiger partial charge in [-0.2, -0.15) is 4.74 Å². The highest BCUT2D eigenvalue weighted by Gasteiger charge is 2.65. The summed E-state index contributed by atoms with van der Waals surface area (Å²) < 4.78 is 28.3. The van der Waals surface area contributed by atoms with Crippen LogP contribution in [0.4, 0.5) is 4.79 Å². The normalized spacial score (nSPS) is 24.7. The second-order valence-electron chi connectivity index (χ2n) is 6.23. The standard InChI is InChI=1S/C15H23N2O11P/c1-4-24-27-29(22,28-25-5-2)15(3)11(8-9-16(15)21)10-23-14(20)26-17-12(18)6-7-13(17)19/h9,11H,4-8,10H2,1-3H3/t11-,15+/m1/s1. The molecule has 2 heterocycles. The van der Waals surface area contributed by atoms with Crippen molar-refractivity contribution in [3.05, 3.63) is 5.21 Å². The summed E-state index contributed by atoms with van der Waals surface area (Å²) in [6, 6.07) is 0. The van der Waals surface area contributed by atoms with E-state index in [0.717, 1.165) is 0 Å². The van der Waals surface area contributed by atoms with Gasteiger partial charge in [-0.25, -0.2) is 19.1 Å². The fourth-order valence-electron chi connectivity index (χ4n) is 2.72. The minimum Gasteiger partial charge on any atom is -0.623 e. The zero-order valence-corrected chi connectivity index (χ0v) is 17.1. The fraction of sp³-hybridized carbons (Fsp3) is 0.733. The molecule has 0 aromatic rings. The Kier molecular flexibility index (Phi) is 7.72. The summed E-state index contributed by atoms with van der Waals surface area (Å²) in [7, 11) is -4.35. The topological polar surface area (TPSA) is 153 Å². The number of nitrogens with zero attached hydrogens (tertiary/aromatic N) is 2. The minimum atomic E-state index is -4.35. The quantitative estimate of drug-likeness (QED) is 0.0930. The third kappa shape index (κ3) is 4.75. The molecule has 0 aromatic heterocycles. The van der Waals surface area contributed by atoms with Crippen LogP contribution < -0.4 is 0 Å². The van der Waals surface area contributed by atoms with Gasteiger partial charge in [-0.15, -0.1) is 9.35 Å². The monoisotopic (exact) mass is 438 g/mol. The third-order valence-electron chi connectivity index (χ3n) is 4.44. The molecule has 2 aliphatic rings. The maximum atomic E-state index is 13.3. The van der Waals surface area contributed by atoms with Gasteiger partial charge in [0.1, 0.15) is 6.61 Å². The van der Waals surface area contributed by atoms with Gasteiger partial charge in [-0.05, 0) is 13.8 Å². The van der Waals surface area contributed by atoms with Gasteiger partial charge in [0.25, 0.3) is 17.1 Å². The number of rotatable bonds is 10. The second kappa shape index (κ2) is 9.63. The largest absolute Gasteiger partial charge is 0.623 e. The smallest absolute Gasteiger partial charge is 0.533 e. The van der Waals surface area contributed by atoms with E-state index in [1.165, 1.54) is 13.1 Å². The SMILES string of the molecule is CCOOP(=O)(OOCC)[C@@]1(C)[C@@H](COC(=O)ON2C(=O)CCC2=O)CC=[N+]1[O-].